The minimum Gasteiger partial charge on any atom is -0.314 e. The average Bonchev–Trinajstić information content (AvgIpc) is 2.42. The summed E-state index contributed by atoms with van der Waals surface area (Å²) in [6.45, 7) is 2.83. The van der Waals surface area contributed by atoms with Crippen LogP contribution in [0.1, 0.15) is 31.2 Å². The summed E-state index contributed by atoms with van der Waals surface area (Å²) in [5.41, 5.74) is 1.32. The molecule has 0 aliphatic carbocycles. The summed E-state index contributed by atoms with van der Waals surface area (Å²) in [4.78, 5) is 0. The molecule has 0 amide bonds. The number of aryl methyl sites for hydroxylation is 1. The largest absolute Gasteiger partial charge is 0.314 e. The molecule has 2 N–H and O–H groups in total. The maximum atomic E-state index is 12.1. The van der Waals surface area contributed by atoms with Crippen molar-refractivity contribution in [2.24, 2.45) is 0 Å². The highest BCUT2D eigenvalue weighted by Crippen LogP contribution is 2.26. The maximum absolute atomic E-state index is 12.1. The number of rotatable bonds is 5. The van der Waals surface area contributed by atoms with Crippen LogP contribution in [0.2, 0.25) is 5.02 Å². The number of benzene rings is 1. The van der Waals surface area contributed by atoms with Crippen LogP contribution in [-0.4, -0.2) is 26.8 Å². The van der Waals surface area contributed by atoms with Crippen LogP contribution in [0.3, 0.4) is 0 Å². The van der Waals surface area contributed by atoms with E-state index in [9.17, 15) is 8.42 Å². The highest BCUT2D eigenvalue weighted by Gasteiger charge is 2.18. The Bertz CT molecular complexity index is 534. The molecule has 4 nitrogen and oxygen atoms in total. The zero-order chi connectivity index (χ0) is 14.6. The number of piperidine rings is 1. The van der Waals surface area contributed by atoms with Crippen LogP contribution in [0.25, 0.3) is 0 Å². The predicted octanol–water partition coefficient (Wildman–Crippen LogP) is 2.92. The number of para-hydroxylation sites is 1. The lowest BCUT2D eigenvalue weighted by atomic mass is 10.0. The Morgan fingerprint density at radius 1 is 1.40 bits per heavy atom. The number of halogens is 1. The second kappa shape index (κ2) is 6.78. The van der Waals surface area contributed by atoms with Crippen molar-refractivity contribution in [3.05, 3.63) is 28.8 Å². The van der Waals surface area contributed by atoms with Crippen LogP contribution in [-0.2, 0) is 10.0 Å². The summed E-state index contributed by atoms with van der Waals surface area (Å²) in [5, 5.41) is 3.79. The first-order chi connectivity index (χ1) is 9.48. The Balaban J connectivity index is 1.96. The molecular weight excluding hydrogens is 296 g/mol. The molecule has 1 saturated heterocycles. The topological polar surface area (TPSA) is 58.2 Å². The molecule has 20 heavy (non-hydrogen) atoms. The number of nitrogens with one attached hydrogen (secondary N) is 2. The molecule has 0 aromatic heterocycles. The molecule has 0 saturated carbocycles. The molecule has 1 aromatic rings. The van der Waals surface area contributed by atoms with Crippen molar-refractivity contribution >= 4 is 27.3 Å². The zero-order valence-corrected chi connectivity index (χ0v) is 13.2. The van der Waals surface area contributed by atoms with Crippen molar-refractivity contribution < 1.29 is 8.42 Å². The summed E-state index contributed by atoms with van der Waals surface area (Å²) in [5.74, 6) is 0.120. The van der Waals surface area contributed by atoms with Crippen molar-refractivity contribution in [2.75, 3.05) is 17.0 Å². The Kier molecular flexibility index (Phi) is 5.29. The van der Waals surface area contributed by atoms with Gasteiger partial charge in [0.25, 0.3) is 0 Å². The molecule has 1 aliphatic rings. The quantitative estimate of drug-likeness (QED) is 0.878. The van der Waals surface area contributed by atoms with Crippen LogP contribution in [0.15, 0.2) is 18.2 Å². The summed E-state index contributed by atoms with van der Waals surface area (Å²) >= 11 is 6.05. The third-order valence-electron chi connectivity index (χ3n) is 3.63. The highest BCUT2D eigenvalue weighted by atomic mass is 35.5. The third kappa shape index (κ3) is 4.36. The van der Waals surface area contributed by atoms with Gasteiger partial charge in [0.15, 0.2) is 0 Å². The van der Waals surface area contributed by atoms with Crippen LogP contribution >= 0.6 is 11.6 Å². The highest BCUT2D eigenvalue weighted by molar-refractivity contribution is 7.92. The fraction of sp³-hybridized carbons (Fsp3) is 0.571. The van der Waals surface area contributed by atoms with E-state index in [4.69, 9.17) is 11.6 Å². The number of hydrogen-bond acceptors (Lipinski definition) is 3. The van der Waals surface area contributed by atoms with Gasteiger partial charge in [0.05, 0.1) is 16.5 Å². The molecule has 1 atom stereocenters. The van der Waals surface area contributed by atoms with Gasteiger partial charge in [-0.3, -0.25) is 4.72 Å². The summed E-state index contributed by atoms with van der Waals surface area (Å²) in [6, 6.07) is 5.65. The van der Waals surface area contributed by atoms with E-state index in [0.29, 0.717) is 23.2 Å². The number of sulfonamides is 1. The SMILES string of the molecule is Cc1cccc(Cl)c1NS(=O)(=O)CCC1CCCCN1. The molecule has 1 aliphatic heterocycles. The van der Waals surface area contributed by atoms with Crippen LogP contribution in [0.4, 0.5) is 5.69 Å². The van der Waals surface area contributed by atoms with Crippen LogP contribution in [0, 0.1) is 6.92 Å². The lowest BCUT2D eigenvalue weighted by Crippen LogP contribution is -2.36. The number of anilines is 1. The van der Waals surface area contributed by atoms with Gasteiger partial charge in [-0.1, -0.05) is 30.2 Å². The van der Waals surface area contributed by atoms with E-state index >= 15 is 0 Å². The minimum atomic E-state index is -3.35. The summed E-state index contributed by atoms with van der Waals surface area (Å²) in [7, 11) is -3.35. The lowest BCUT2D eigenvalue weighted by molar-refractivity contribution is 0.393. The molecule has 0 spiro atoms. The first-order valence-electron chi connectivity index (χ1n) is 6.97. The Morgan fingerprint density at radius 3 is 2.85 bits per heavy atom. The van der Waals surface area contributed by atoms with E-state index < -0.39 is 10.0 Å². The molecule has 2 rings (SSSR count). The minimum absolute atomic E-state index is 0.120. The van der Waals surface area contributed by atoms with Crippen molar-refractivity contribution in [1.82, 2.24) is 5.32 Å². The first-order valence-corrected chi connectivity index (χ1v) is 9.00. The molecule has 0 radical (unpaired) electrons. The maximum Gasteiger partial charge on any atom is 0.232 e. The number of hydrogen-bond donors (Lipinski definition) is 2. The average molecular weight is 317 g/mol. The van der Waals surface area contributed by atoms with Crippen LogP contribution in [0.5, 0.6) is 0 Å². The first kappa shape index (κ1) is 15.6. The Morgan fingerprint density at radius 2 is 2.20 bits per heavy atom. The van der Waals surface area contributed by atoms with Crippen molar-refractivity contribution in [3.63, 3.8) is 0 Å². The normalized spacial score (nSPS) is 19.8. The van der Waals surface area contributed by atoms with Gasteiger partial charge in [-0.15, -0.1) is 0 Å². The van der Waals surface area contributed by atoms with Crippen molar-refractivity contribution in [2.45, 2.75) is 38.6 Å². The second-order valence-electron chi connectivity index (χ2n) is 5.29. The second-order valence-corrected chi connectivity index (χ2v) is 7.54. The van der Waals surface area contributed by atoms with Gasteiger partial charge in [0.2, 0.25) is 10.0 Å². The molecular formula is C14H21ClN2O2S. The van der Waals surface area contributed by atoms with Crippen molar-refractivity contribution in [1.29, 1.82) is 0 Å². The van der Waals surface area contributed by atoms with E-state index in [1.807, 2.05) is 13.0 Å². The molecule has 0 bridgehead atoms. The molecule has 1 fully saturated rings. The predicted molar refractivity (Wildman–Crippen MR) is 83.9 cm³/mol. The molecule has 1 aromatic carbocycles. The summed E-state index contributed by atoms with van der Waals surface area (Å²) in [6.07, 6.45) is 4.05. The van der Waals surface area contributed by atoms with Gasteiger partial charge in [-0.2, -0.15) is 0 Å². The molecule has 6 heteroatoms. The van der Waals surface area contributed by atoms with Gasteiger partial charge in [0.1, 0.15) is 0 Å². The van der Waals surface area contributed by atoms with E-state index in [1.165, 1.54) is 12.8 Å². The third-order valence-corrected chi connectivity index (χ3v) is 5.23. The fourth-order valence-electron chi connectivity index (χ4n) is 2.44. The molecule has 1 heterocycles. The lowest BCUT2D eigenvalue weighted by Gasteiger charge is -2.23. The smallest absolute Gasteiger partial charge is 0.232 e. The van der Waals surface area contributed by atoms with E-state index in [0.717, 1.165) is 18.5 Å². The standard InChI is InChI=1S/C14H21ClN2O2S/c1-11-5-4-7-13(15)14(11)17-20(18,19)10-8-12-6-2-3-9-16-12/h4-5,7,12,16-17H,2-3,6,8-10H2,1H3. The van der Waals surface area contributed by atoms with Gasteiger partial charge in [-0.25, -0.2) is 8.42 Å². The van der Waals surface area contributed by atoms with Crippen LogP contribution < -0.4 is 10.0 Å². The van der Waals surface area contributed by atoms with Gasteiger partial charge in [-0.05, 0) is 44.4 Å². The van der Waals surface area contributed by atoms with Gasteiger partial charge in [0, 0.05) is 6.04 Å². The van der Waals surface area contributed by atoms with Gasteiger partial charge < -0.3 is 5.32 Å². The van der Waals surface area contributed by atoms with Gasteiger partial charge >= 0.3 is 0 Å². The van der Waals surface area contributed by atoms with E-state index in [1.54, 1.807) is 12.1 Å². The van der Waals surface area contributed by atoms with Crippen molar-refractivity contribution in [3.8, 4) is 0 Å². The summed E-state index contributed by atoms with van der Waals surface area (Å²) < 4.78 is 26.9. The molecule has 112 valence electrons. The Labute approximate surface area is 126 Å². The fourth-order valence-corrected chi connectivity index (χ4v) is 4.04. The van der Waals surface area contributed by atoms with E-state index in [2.05, 4.69) is 10.0 Å². The monoisotopic (exact) mass is 316 g/mol. The zero-order valence-electron chi connectivity index (χ0n) is 11.7. The Hall–Kier alpha value is -0.780. The van der Waals surface area contributed by atoms with E-state index in [-0.39, 0.29) is 5.75 Å². The molecule has 1 unspecified atom stereocenters.